The van der Waals surface area contributed by atoms with Crippen molar-refractivity contribution in [2.24, 2.45) is 0 Å². The molecule has 4 nitrogen and oxygen atoms in total. The lowest BCUT2D eigenvalue weighted by atomic mass is 10.0. The largest absolute Gasteiger partial charge is 0.352 e. The molecular formula is C26H36N2O2. The highest BCUT2D eigenvalue weighted by molar-refractivity contribution is 5.88. The maximum absolute atomic E-state index is 13.4. The van der Waals surface area contributed by atoms with E-state index >= 15 is 0 Å². The summed E-state index contributed by atoms with van der Waals surface area (Å²) in [7, 11) is 0. The van der Waals surface area contributed by atoms with Crippen molar-refractivity contribution < 1.29 is 9.59 Å². The van der Waals surface area contributed by atoms with Gasteiger partial charge in [0, 0.05) is 12.6 Å². The minimum atomic E-state index is -0.487. The van der Waals surface area contributed by atoms with Gasteiger partial charge in [-0.15, -0.1) is 0 Å². The zero-order valence-corrected chi connectivity index (χ0v) is 19.3. The van der Waals surface area contributed by atoms with Gasteiger partial charge in [0.1, 0.15) is 6.04 Å². The van der Waals surface area contributed by atoms with Gasteiger partial charge in [0.2, 0.25) is 11.8 Å². The number of benzene rings is 2. The number of nitrogens with one attached hydrogen (secondary N) is 1. The molecule has 1 N–H and O–H groups in total. The van der Waals surface area contributed by atoms with Crippen molar-refractivity contribution in [2.75, 3.05) is 0 Å². The Morgan fingerprint density at radius 2 is 1.47 bits per heavy atom. The summed E-state index contributed by atoms with van der Waals surface area (Å²) >= 11 is 0. The Labute approximate surface area is 181 Å². The van der Waals surface area contributed by atoms with Crippen LogP contribution in [0.1, 0.15) is 61.4 Å². The second kappa shape index (κ2) is 11.0. The van der Waals surface area contributed by atoms with Gasteiger partial charge < -0.3 is 10.2 Å². The van der Waals surface area contributed by atoms with Gasteiger partial charge in [0.05, 0.1) is 6.42 Å². The van der Waals surface area contributed by atoms with Crippen molar-refractivity contribution >= 4 is 11.8 Å². The summed E-state index contributed by atoms with van der Waals surface area (Å²) < 4.78 is 0. The second-order valence-electron chi connectivity index (χ2n) is 8.42. The third-order valence-electron chi connectivity index (χ3n) is 5.50. The average Bonchev–Trinajstić information content (AvgIpc) is 2.68. The third-order valence-corrected chi connectivity index (χ3v) is 5.50. The van der Waals surface area contributed by atoms with Crippen LogP contribution < -0.4 is 5.32 Å². The fourth-order valence-corrected chi connectivity index (χ4v) is 3.70. The van der Waals surface area contributed by atoms with Crippen LogP contribution in [0, 0.1) is 20.8 Å². The van der Waals surface area contributed by atoms with Crippen LogP contribution in [0.5, 0.6) is 0 Å². The van der Waals surface area contributed by atoms with Crippen LogP contribution in [0.2, 0.25) is 0 Å². The molecule has 0 spiro atoms. The molecule has 0 radical (unpaired) electrons. The highest BCUT2D eigenvalue weighted by Gasteiger charge is 2.29. The van der Waals surface area contributed by atoms with Crippen LogP contribution in [0.15, 0.2) is 42.5 Å². The van der Waals surface area contributed by atoms with E-state index in [1.807, 2.05) is 65.8 Å². The highest BCUT2D eigenvalue weighted by Crippen LogP contribution is 2.17. The fourth-order valence-electron chi connectivity index (χ4n) is 3.70. The third kappa shape index (κ3) is 6.72. The number of rotatable bonds is 9. The Hall–Kier alpha value is -2.62. The van der Waals surface area contributed by atoms with Crippen molar-refractivity contribution in [3.63, 3.8) is 0 Å². The maximum atomic E-state index is 13.4. The van der Waals surface area contributed by atoms with E-state index in [1.165, 1.54) is 5.56 Å². The van der Waals surface area contributed by atoms with Gasteiger partial charge >= 0.3 is 0 Å². The van der Waals surface area contributed by atoms with Crippen molar-refractivity contribution in [3.8, 4) is 0 Å². The summed E-state index contributed by atoms with van der Waals surface area (Å²) in [5.41, 5.74) is 5.48. The van der Waals surface area contributed by atoms with Gasteiger partial charge in [0.15, 0.2) is 0 Å². The van der Waals surface area contributed by atoms with E-state index in [-0.39, 0.29) is 17.9 Å². The topological polar surface area (TPSA) is 49.4 Å². The molecule has 0 saturated heterocycles. The smallest absolute Gasteiger partial charge is 0.243 e. The van der Waals surface area contributed by atoms with Gasteiger partial charge in [0.25, 0.3) is 0 Å². The van der Waals surface area contributed by atoms with E-state index in [0.717, 1.165) is 28.7 Å². The molecule has 30 heavy (non-hydrogen) atoms. The zero-order chi connectivity index (χ0) is 22.3. The molecule has 0 aliphatic heterocycles. The summed E-state index contributed by atoms with van der Waals surface area (Å²) in [5, 5.41) is 3.06. The maximum Gasteiger partial charge on any atom is 0.243 e. The summed E-state index contributed by atoms with van der Waals surface area (Å²) in [6, 6.07) is 14.0. The Morgan fingerprint density at radius 3 is 2.00 bits per heavy atom. The molecule has 0 aliphatic rings. The van der Waals surface area contributed by atoms with Crippen LogP contribution >= 0.6 is 0 Å². The van der Waals surface area contributed by atoms with Crippen LogP contribution in [0.25, 0.3) is 0 Å². The van der Waals surface area contributed by atoms with Crippen molar-refractivity contribution in [1.29, 1.82) is 0 Å². The molecule has 0 saturated carbocycles. The van der Waals surface area contributed by atoms with E-state index in [4.69, 9.17) is 0 Å². The summed E-state index contributed by atoms with van der Waals surface area (Å²) in [6.07, 6.45) is 1.73. The first-order valence-electron chi connectivity index (χ1n) is 11.0. The molecule has 0 bridgehead atoms. The van der Waals surface area contributed by atoms with Gasteiger partial charge in [-0.1, -0.05) is 73.0 Å². The van der Waals surface area contributed by atoms with Gasteiger partial charge in [-0.05, 0) is 51.7 Å². The van der Waals surface area contributed by atoms with E-state index in [2.05, 4.69) is 23.5 Å². The molecule has 2 rings (SSSR count). The van der Waals surface area contributed by atoms with Crippen molar-refractivity contribution in [1.82, 2.24) is 10.2 Å². The molecule has 2 atom stereocenters. The van der Waals surface area contributed by atoms with Crippen LogP contribution in [-0.4, -0.2) is 28.8 Å². The molecule has 2 aromatic carbocycles. The highest BCUT2D eigenvalue weighted by atomic mass is 16.2. The molecule has 2 amide bonds. The summed E-state index contributed by atoms with van der Waals surface area (Å²) in [4.78, 5) is 28.2. The van der Waals surface area contributed by atoms with Crippen molar-refractivity contribution in [3.05, 3.63) is 70.3 Å². The lowest BCUT2D eigenvalue weighted by Gasteiger charge is -2.31. The Morgan fingerprint density at radius 1 is 0.867 bits per heavy atom. The minimum Gasteiger partial charge on any atom is -0.352 e. The van der Waals surface area contributed by atoms with E-state index < -0.39 is 6.04 Å². The average molecular weight is 409 g/mol. The molecule has 0 heterocycles. The molecule has 2 aromatic rings. The van der Waals surface area contributed by atoms with Crippen LogP contribution in [0.4, 0.5) is 0 Å². The molecule has 162 valence electrons. The minimum absolute atomic E-state index is 0.0215. The summed E-state index contributed by atoms with van der Waals surface area (Å²) in [5.74, 6) is -0.0977. The second-order valence-corrected chi connectivity index (χ2v) is 8.42. The fraction of sp³-hybridized carbons (Fsp3) is 0.462. The number of hydrogen-bond acceptors (Lipinski definition) is 2. The first-order valence-corrected chi connectivity index (χ1v) is 11.0. The first kappa shape index (κ1) is 23.7. The van der Waals surface area contributed by atoms with Crippen LogP contribution in [0.3, 0.4) is 0 Å². The molecular weight excluding hydrogens is 372 g/mol. The van der Waals surface area contributed by atoms with E-state index in [0.29, 0.717) is 19.4 Å². The Balaban J connectivity index is 2.31. The zero-order valence-electron chi connectivity index (χ0n) is 19.3. The summed E-state index contributed by atoms with van der Waals surface area (Å²) in [6.45, 7) is 12.6. The van der Waals surface area contributed by atoms with Gasteiger partial charge in [-0.25, -0.2) is 0 Å². The first-order chi connectivity index (χ1) is 14.2. The van der Waals surface area contributed by atoms with E-state index in [1.54, 1.807) is 4.90 Å². The van der Waals surface area contributed by atoms with Crippen molar-refractivity contribution in [2.45, 2.75) is 79.4 Å². The SMILES string of the molecule is CC[C@H](C)NC(=O)[C@H](CC)N(Cc1ccc(C)cc1)C(=O)Cc1cc(C)cc(C)c1. The molecule has 4 heteroatoms. The number of aryl methyl sites for hydroxylation is 3. The Kier molecular flexibility index (Phi) is 8.64. The normalized spacial score (nSPS) is 12.9. The molecule has 0 aromatic heterocycles. The standard InChI is InChI=1S/C26H36N2O2/c1-7-21(6)27-26(30)24(8-2)28(17-22-11-9-18(3)10-12-22)25(29)16-23-14-19(4)13-20(5)15-23/h9-15,21,24H,7-8,16-17H2,1-6H3,(H,27,30)/t21-,24-/m0/s1. The number of carbonyl (C=O) groups is 2. The molecule has 0 aliphatic carbocycles. The van der Waals surface area contributed by atoms with E-state index in [9.17, 15) is 9.59 Å². The lowest BCUT2D eigenvalue weighted by Crippen LogP contribution is -2.51. The number of nitrogens with zero attached hydrogens (tertiary/aromatic N) is 1. The van der Waals surface area contributed by atoms with Gasteiger partial charge in [-0.2, -0.15) is 0 Å². The number of hydrogen-bond donors (Lipinski definition) is 1. The van der Waals surface area contributed by atoms with Crippen LogP contribution in [-0.2, 0) is 22.6 Å². The molecule has 0 unspecified atom stereocenters. The number of amides is 2. The number of carbonyl (C=O) groups excluding carboxylic acids is 2. The predicted octanol–water partition coefficient (Wildman–Crippen LogP) is 4.88. The quantitative estimate of drug-likeness (QED) is 0.643. The lowest BCUT2D eigenvalue weighted by molar-refractivity contribution is -0.141. The van der Waals surface area contributed by atoms with Gasteiger partial charge in [-0.3, -0.25) is 9.59 Å². The molecule has 0 fully saturated rings. The predicted molar refractivity (Wildman–Crippen MR) is 123 cm³/mol. The monoisotopic (exact) mass is 408 g/mol. The Bertz CT molecular complexity index is 838.